The molecule has 0 saturated carbocycles. The van der Waals surface area contributed by atoms with Gasteiger partial charge in [-0.2, -0.15) is 9.97 Å². The molecule has 1 aliphatic rings. The third-order valence-electron chi connectivity index (χ3n) is 5.10. The summed E-state index contributed by atoms with van der Waals surface area (Å²) in [6, 6.07) is 7.55. The Morgan fingerprint density at radius 3 is 2.76 bits per heavy atom. The monoisotopic (exact) mass is 587 g/mol. The molecule has 0 radical (unpaired) electrons. The van der Waals surface area contributed by atoms with Crippen molar-refractivity contribution in [2.24, 2.45) is 5.92 Å². The van der Waals surface area contributed by atoms with Crippen LogP contribution in [0.4, 0.5) is 5.82 Å². The number of hydroxylamine groups is 2. The van der Waals surface area contributed by atoms with E-state index in [1.54, 1.807) is 35.4 Å². The minimum absolute atomic E-state index is 0.0325. The molecule has 1 aromatic carbocycles. The molecule has 3 aromatic rings. The van der Waals surface area contributed by atoms with Gasteiger partial charge >= 0.3 is 16.3 Å². The number of nitrogens with one attached hydrogen (secondary N) is 1. The lowest BCUT2D eigenvalue weighted by Gasteiger charge is -2.25. The van der Waals surface area contributed by atoms with Gasteiger partial charge in [0.05, 0.1) is 25.2 Å². The number of carbonyl (C=O) groups excluding carboxylic acids is 1. The Morgan fingerprint density at radius 2 is 2.08 bits per heavy atom. The second-order valence-corrected chi connectivity index (χ2v) is 12.1. The SMILES string of the molecule is COP(OCC1CN1On1cnc2c(N)nc(Cl)nc21)OP(=O)(NC(C=O)CC(C)C)Oc1ccccc1. The number of para-hydroxylation sites is 1. The van der Waals surface area contributed by atoms with Crippen molar-refractivity contribution in [3.05, 3.63) is 41.9 Å². The second-order valence-electron chi connectivity index (χ2n) is 8.64. The first kappa shape index (κ1) is 28.6. The maximum Gasteiger partial charge on any atom is 0.466 e. The Bertz CT molecular complexity index is 1290. The van der Waals surface area contributed by atoms with Crippen molar-refractivity contribution in [3.63, 3.8) is 0 Å². The van der Waals surface area contributed by atoms with Crippen LogP contribution in [-0.4, -0.2) is 63.4 Å². The van der Waals surface area contributed by atoms with Gasteiger partial charge in [-0.3, -0.25) is 0 Å². The van der Waals surface area contributed by atoms with Gasteiger partial charge in [-0.1, -0.05) is 32.0 Å². The first-order valence-corrected chi connectivity index (χ1v) is 14.6. The van der Waals surface area contributed by atoms with E-state index >= 15 is 0 Å². The normalized spacial score (nSPS) is 20.1. The lowest BCUT2D eigenvalue weighted by atomic mass is 10.1. The van der Waals surface area contributed by atoms with Gasteiger partial charge in [0.15, 0.2) is 11.3 Å². The van der Waals surface area contributed by atoms with Crippen LogP contribution < -0.4 is 20.3 Å². The third kappa shape index (κ3) is 7.58. The average molecular weight is 588 g/mol. The van der Waals surface area contributed by atoms with Crippen molar-refractivity contribution < 1.29 is 32.2 Å². The maximum atomic E-state index is 13.7. The average Bonchev–Trinajstić information content (AvgIpc) is 3.49. The zero-order valence-corrected chi connectivity index (χ0v) is 23.4. The van der Waals surface area contributed by atoms with E-state index in [-0.39, 0.29) is 29.7 Å². The highest BCUT2D eigenvalue weighted by molar-refractivity contribution is 7.61. The Balaban J connectivity index is 1.37. The fourth-order valence-electron chi connectivity index (χ4n) is 3.32. The molecule has 4 rings (SSSR count). The second kappa shape index (κ2) is 12.6. The van der Waals surface area contributed by atoms with E-state index in [0.29, 0.717) is 36.2 Å². The van der Waals surface area contributed by atoms with Gasteiger partial charge in [0.1, 0.15) is 18.4 Å². The number of hydrogen-bond acceptors (Lipinski definition) is 12. The topological polar surface area (TPSA) is 165 Å². The van der Waals surface area contributed by atoms with E-state index in [1.165, 1.54) is 18.2 Å². The molecule has 14 nitrogen and oxygen atoms in total. The standard InChI is InChI=1S/C21H28ClN7O7P2/c1-14(2)9-15(11-30)27-38(31,34-17-7-5-4-6-8-17)36-37(32-3)33-12-16-10-28(16)35-29-13-24-18-19(23)25-21(22)26-20(18)29/h4-8,11,13-16H,9-10,12H2,1-3H3,(H,27,31)(H2,23,25,26). The molecule has 1 saturated heterocycles. The van der Waals surface area contributed by atoms with E-state index in [0.717, 1.165) is 0 Å². The summed E-state index contributed by atoms with van der Waals surface area (Å²) >= 11 is 5.89. The Morgan fingerprint density at radius 1 is 1.32 bits per heavy atom. The molecule has 206 valence electrons. The zero-order valence-electron chi connectivity index (χ0n) is 20.8. The summed E-state index contributed by atoms with van der Waals surface area (Å²) in [5.74, 6) is 0.592. The van der Waals surface area contributed by atoms with Crippen LogP contribution >= 0.6 is 27.9 Å². The number of nitrogens with two attached hydrogens (primary N) is 1. The van der Waals surface area contributed by atoms with Crippen molar-refractivity contribution in [3.8, 4) is 5.75 Å². The van der Waals surface area contributed by atoms with Crippen LogP contribution in [0, 0.1) is 5.92 Å². The first-order chi connectivity index (χ1) is 18.2. The van der Waals surface area contributed by atoms with E-state index in [9.17, 15) is 9.36 Å². The number of anilines is 1. The number of aldehydes is 1. The van der Waals surface area contributed by atoms with Gasteiger partial charge in [0.2, 0.25) is 10.9 Å². The van der Waals surface area contributed by atoms with Crippen molar-refractivity contribution in [1.29, 1.82) is 0 Å². The number of aromatic nitrogens is 4. The molecule has 17 heteroatoms. The number of nitrogen functional groups attached to an aromatic ring is 1. The van der Waals surface area contributed by atoms with Crippen LogP contribution in [0.5, 0.6) is 5.75 Å². The third-order valence-corrected chi connectivity index (χ3v) is 8.42. The summed E-state index contributed by atoms with van der Waals surface area (Å²) in [4.78, 5) is 29.5. The molecule has 2 aromatic heterocycles. The van der Waals surface area contributed by atoms with Crippen molar-refractivity contribution in [2.75, 3.05) is 26.0 Å². The van der Waals surface area contributed by atoms with E-state index in [1.807, 2.05) is 13.8 Å². The van der Waals surface area contributed by atoms with E-state index in [4.69, 9.17) is 40.2 Å². The summed E-state index contributed by atoms with van der Waals surface area (Å²) in [7, 11) is -4.84. The largest absolute Gasteiger partial charge is 0.466 e. The maximum absolute atomic E-state index is 13.7. The molecule has 5 atom stereocenters. The lowest BCUT2D eigenvalue weighted by molar-refractivity contribution is -0.109. The molecule has 1 fully saturated rings. The predicted octanol–water partition coefficient (Wildman–Crippen LogP) is 3.39. The van der Waals surface area contributed by atoms with Crippen molar-refractivity contribution in [1.82, 2.24) is 29.8 Å². The number of carbonyl (C=O) groups is 1. The van der Waals surface area contributed by atoms with Gasteiger partial charge in [-0.25, -0.2) is 18.9 Å². The number of imidazole rings is 1. The zero-order chi connectivity index (χ0) is 27.3. The highest BCUT2D eigenvalue weighted by atomic mass is 35.5. The van der Waals surface area contributed by atoms with E-state index in [2.05, 4.69) is 20.0 Å². The molecular weight excluding hydrogens is 560 g/mol. The molecule has 0 spiro atoms. The molecule has 0 amide bonds. The number of halogens is 1. The minimum atomic E-state index is -4.08. The first-order valence-electron chi connectivity index (χ1n) is 11.6. The van der Waals surface area contributed by atoms with Crippen LogP contribution in [-0.2, 0) is 22.7 Å². The minimum Gasteiger partial charge on any atom is -0.413 e. The highest BCUT2D eigenvalue weighted by Gasteiger charge is 2.41. The fourth-order valence-corrected chi connectivity index (χ4v) is 6.40. The van der Waals surface area contributed by atoms with Crippen LogP contribution in [0.25, 0.3) is 11.2 Å². The smallest absolute Gasteiger partial charge is 0.413 e. The Hall–Kier alpha value is -2.41. The number of fused-ring (bicyclic) bond motifs is 1. The Kier molecular flexibility index (Phi) is 9.50. The fraction of sp³-hybridized carbons (Fsp3) is 0.429. The van der Waals surface area contributed by atoms with Crippen molar-refractivity contribution >= 4 is 51.2 Å². The van der Waals surface area contributed by atoms with Gasteiger partial charge in [-0.15, -0.1) is 9.79 Å². The molecule has 0 bridgehead atoms. The van der Waals surface area contributed by atoms with Crippen LogP contribution in [0.3, 0.4) is 0 Å². The van der Waals surface area contributed by atoms with Gasteiger partial charge in [-0.05, 0) is 36.1 Å². The van der Waals surface area contributed by atoms with Crippen LogP contribution in [0.15, 0.2) is 36.7 Å². The molecule has 3 heterocycles. The molecule has 3 N–H and O–H groups in total. The van der Waals surface area contributed by atoms with Gasteiger partial charge in [0, 0.05) is 7.11 Å². The van der Waals surface area contributed by atoms with Crippen molar-refractivity contribution in [2.45, 2.75) is 32.4 Å². The number of rotatable bonds is 15. The molecular formula is C21H28ClN7O7P2. The van der Waals surface area contributed by atoms with Gasteiger partial charge < -0.3 is 29.0 Å². The lowest BCUT2D eigenvalue weighted by Crippen LogP contribution is -2.31. The Labute approximate surface area is 225 Å². The summed E-state index contributed by atoms with van der Waals surface area (Å²) in [6.45, 7) is 4.52. The molecule has 1 aliphatic heterocycles. The van der Waals surface area contributed by atoms with Crippen LogP contribution in [0.1, 0.15) is 20.3 Å². The quantitative estimate of drug-likeness (QED) is 0.115. The predicted molar refractivity (Wildman–Crippen MR) is 140 cm³/mol. The van der Waals surface area contributed by atoms with E-state index < -0.39 is 22.4 Å². The molecule has 5 unspecified atom stereocenters. The summed E-state index contributed by atoms with van der Waals surface area (Å²) in [5.41, 5.74) is 6.49. The number of nitrogens with zero attached hydrogens (tertiary/aromatic N) is 5. The highest BCUT2D eigenvalue weighted by Crippen LogP contribution is 2.58. The number of benzene rings is 1. The summed E-state index contributed by atoms with van der Waals surface area (Å²) in [6.07, 6.45) is 2.50. The summed E-state index contributed by atoms with van der Waals surface area (Å²) in [5, 5.41) is 4.28. The summed E-state index contributed by atoms with van der Waals surface area (Å²) < 4.78 is 37.4. The van der Waals surface area contributed by atoms with Crippen LogP contribution in [0.2, 0.25) is 5.28 Å². The number of hydrogen-bond donors (Lipinski definition) is 2. The molecule has 0 aliphatic carbocycles. The van der Waals surface area contributed by atoms with Gasteiger partial charge in [0.25, 0.3) is 0 Å². The molecule has 38 heavy (non-hydrogen) atoms.